The number of nitrogens with two attached hydrogens (primary N) is 1. The van der Waals surface area contributed by atoms with E-state index < -0.39 is 0 Å². The van der Waals surface area contributed by atoms with E-state index in [2.05, 4.69) is 0 Å². The average Bonchev–Trinajstić information content (AvgIpc) is 2.35. The van der Waals surface area contributed by atoms with Gasteiger partial charge in [-0.25, -0.2) is 0 Å². The van der Waals surface area contributed by atoms with Crippen molar-refractivity contribution in [1.82, 2.24) is 0 Å². The molecule has 0 atom stereocenters. The highest BCUT2D eigenvalue weighted by Crippen LogP contribution is 2.27. The van der Waals surface area contributed by atoms with E-state index in [4.69, 9.17) is 10.5 Å². The first kappa shape index (κ1) is 12.5. The Morgan fingerprint density at radius 2 is 2.12 bits per heavy atom. The Kier molecular flexibility index (Phi) is 4.79. The van der Waals surface area contributed by atoms with E-state index in [1.807, 2.05) is 31.2 Å². The van der Waals surface area contributed by atoms with Crippen LogP contribution in [0, 0.1) is 0 Å². The number of benzene rings is 1. The monoisotopic (exact) mass is 222 g/mol. The highest BCUT2D eigenvalue weighted by molar-refractivity contribution is 5.94. The van der Waals surface area contributed by atoms with Gasteiger partial charge >= 0.3 is 0 Å². The summed E-state index contributed by atoms with van der Waals surface area (Å²) in [6.45, 7) is 2.78. The molecule has 1 rings (SSSR count). The van der Waals surface area contributed by atoms with E-state index in [1.165, 1.54) is 0 Å². The Bertz CT molecular complexity index is 353. The third-order valence-electron chi connectivity index (χ3n) is 2.33. The van der Waals surface area contributed by atoms with Crippen molar-refractivity contribution in [2.45, 2.75) is 13.3 Å². The van der Waals surface area contributed by atoms with Crippen LogP contribution in [0.1, 0.15) is 13.3 Å². The number of carbonyl (C=O) groups excluding carboxylic acids is 1. The van der Waals surface area contributed by atoms with Crippen LogP contribution in [-0.2, 0) is 4.79 Å². The van der Waals surface area contributed by atoms with Gasteiger partial charge in [0.1, 0.15) is 5.75 Å². The van der Waals surface area contributed by atoms with Crippen LogP contribution < -0.4 is 15.4 Å². The fourth-order valence-corrected chi connectivity index (χ4v) is 1.55. The summed E-state index contributed by atoms with van der Waals surface area (Å²) in [6, 6.07) is 7.45. The first-order chi connectivity index (χ1) is 7.74. The molecule has 4 nitrogen and oxygen atoms in total. The molecule has 0 aliphatic rings. The first-order valence-electron chi connectivity index (χ1n) is 5.38. The number of rotatable bonds is 5. The van der Waals surface area contributed by atoms with Gasteiger partial charge in [0.25, 0.3) is 0 Å². The van der Waals surface area contributed by atoms with Crippen LogP contribution >= 0.6 is 0 Å². The van der Waals surface area contributed by atoms with Crippen molar-refractivity contribution in [2.75, 3.05) is 25.1 Å². The molecule has 0 aliphatic heterocycles. The van der Waals surface area contributed by atoms with Gasteiger partial charge in [0.2, 0.25) is 5.91 Å². The zero-order valence-electron chi connectivity index (χ0n) is 9.77. The minimum atomic E-state index is 0.0509. The van der Waals surface area contributed by atoms with Gasteiger partial charge < -0.3 is 15.4 Å². The number of carbonyl (C=O) groups is 1. The van der Waals surface area contributed by atoms with Gasteiger partial charge in [-0.15, -0.1) is 0 Å². The lowest BCUT2D eigenvalue weighted by Gasteiger charge is -2.23. The summed E-state index contributed by atoms with van der Waals surface area (Å²) < 4.78 is 5.23. The molecule has 2 N–H and O–H groups in total. The largest absolute Gasteiger partial charge is 0.495 e. The smallest absolute Gasteiger partial charge is 0.226 e. The lowest BCUT2D eigenvalue weighted by molar-refractivity contribution is -0.118. The fourth-order valence-electron chi connectivity index (χ4n) is 1.55. The molecular formula is C12H18N2O2. The molecule has 1 amide bonds. The van der Waals surface area contributed by atoms with E-state index in [0.29, 0.717) is 25.3 Å². The van der Waals surface area contributed by atoms with Crippen molar-refractivity contribution in [3.8, 4) is 5.75 Å². The molecule has 1 aromatic carbocycles. The molecule has 0 saturated heterocycles. The molecule has 16 heavy (non-hydrogen) atoms. The molecule has 0 aliphatic carbocycles. The van der Waals surface area contributed by atoms with Crippen LogP contribution in [0.3, 0.4) is 0 Å². The van der Waals surface area contributed by atoms with Gasteiger partial charge in [-0.05, 0) is 12.1 Å². The molecule has 0 aromatic heterocycles. The molecular weight excluding hydrogens is 204 g/mol. The quantitative estimate of drug-likeness (QED) is 0.819. The number of methoxy groups -OCH3 is 1. The van der Waals surface area contributed by atoms with E-state index in [9.17, 15) is 4.79 Å². The second-order valence-electron chi connectivity index (χ2n) is 3.36. The minimum Gasteiger partial charge on any atom is -0.495 e. The van der Waals surface area contributed by atoms with Crippen LogP contribution in [0.4, 0.5) is 5.69 Å². The number of para-hydroxylation sites is 2. The van der Waals surface area contributed by atoms with Crippen molar-refractivity contribution in [3.05, 3.63) is 24.3 Å². The van der Waals surface area contributed by atoms with Gasteiger partial charge in [0.05, 0.1) is 12.8 Å². The van der Waals surface area contributed by atoms with Crippen LogP contribution in [0.2, 0.25) is 0 Å². The van der Waals surface area contributed by atoms with Crippen molar-refractivity contribution >= 4 is 11.6 Å². The Labute approximate surface area is 96.0 Å². The first-order valence-corrected chi connectivity index (χ1v) is 5.38. The number of anilines is 1. The van der Waals surface area contributed by atoms with E-state index in [0.717, 1.165) is 5.69 Å². The zero-order chi connectivity index (χ0) is 12.0. The van der Waals surface area contributed by atoms with Crippen LogP contribution in [0.15, 0.2) is 24.3 Å². The maximum Gasteiger partial charge on any atom is 0.226 e. The molecule has 4 heteroatoms. The van der Waals surface area contributed by atoms with Crippen molar-refractivity contribution in [1.29, 1.82) is 0 Å². The number of nitrogens with zero attached hydrogens (tertiary/aromatic N) is 1. The molecule has 0 fully saturated rings. The van der Waals surface area contributed by atoms with E-state index in [1.54, 1.807) is 12.0 Å². The summed E-state index contributed by atoms with van der Waals surface area (Å²) in [7, 11) is 1.59. The van der Waals surface area contributed by atoms with Gasteiger partial charge in [0, 0.05) is 19.5 Å². The predicted molar refractivity (Wildman–Crippen MR) is 64.7 cm³/mol. The molecule has 0 spiro atoms. The number of hydrogen-bond acceptors (Lipinski definition) is 3. The van der Waals surface area contributed by atoms with Crippen molar-refractivity contribution in [2.24, 2.45) is 5.73 Å². The van der Waals surface area contributed by atoms with Gasteiger partial charge in [-0.1, -0.05) is 19.1 Å². The molecule has 88 valence electrons. The SMILES string of the molecule is CCC(=O)N(CCN)c1ccccc1OC. The third-order valence-corrected chi connectivity index (χ3v) is 2.33. The topological polar surface area (TPSA) is 55.6 Å². The van der Waals surface area contributed by atoms with E-state index >= 15 is 0 Å². The lowest BCUT2D eigenvalue weighted by Crippen LogP contribution is -2.35. The maximum absolute atomic E-state index is 11.8. The second kappa shape index (κ2) is 6.12. The molecule has 0 heterocycles. The van der Waals surface area contributed by atoms with Crippen molar-refractivity contribution in [3.63, 3.8) is 0 Å². The Morgan fingerprint density at radius 1 is 1.44 bits per heavy atom. The van der Waals surface area contributed by atoms with Gasteiger partial charge in [-0.2, -0.15) is 0 Å². The van der Waals surface area contributed by atoms with Gasteiger partial charge in [-0.3, -0.25) is 4.79 Å². The number of hydrogen-bond donors (Lipinski definition) is 1. The predicted octanol–water partition coefficient (Wildman–Crippen LogP) is 1.40. The highest BCUT2D eigenvalue weighted by Gasteiger charge is 2.16. The summed E-state index contributed by atoms with van der Waals surface area (Å²) >= 11 is 0. The summed E-state index contributed by atoms with van der Waals surface area (Å²) in [4.78, 5) is 13.5. The normalized spacial score (nSPS) is 9.94. The van der Waals surface area contributed by atoms with Crippen LogP contribution in [0.5, 0.6) is 5.75 Å². The number of ether oxygens (including phenoxy) is 1. The Balaban J connectivity index is 3.04. The molecule has 0 unspecified atom stereocenters. The summed E-state index contributed by atoms with van der Waals surface area (Å²) in [5, 5.41) is 0. The third kappa shape index (κ3) is 2.73. The zero-order valence-corrected chi connectivity index (χ0v) is 9.77. The van der Waals surface area contributed by atoms with Crippen molar-refractivity contribution < 1.29 is 9.53 Å². The van der Waals surface area contributed by atoms with Crippen LogP contribution in [0.25, 0.3) is 0 Å². The van der Waals surface area contributed by atoms with Gasteiger partial charge in [0.15, 0.2) is 0 Å². The molecule has 1 aromatic rings. The summed E-state index contributed by atoms with van der Waals surface area (Å²) in [5.41, 5.74) is 6.30. The van der Waals surface area contributed by atoms with E-state index in [-0.39, 0.29) is 5.91 Å². The lowest BCUT2D eigenvalue weighted by atomic mass is 10.2. The maximum atomic E-state index is 11.8. The fraction of sp³-hybridized carbons (Fsp3) is 0.417. The highest BCUT2D eigenvalue weighted by atomic mass is 16.5. The number of amides is 1. The minimum absolute atomic E-state index is 0.0509. The summed E-state index contributed by atoms with van der Waals surface area (Å²) in [6.07, 6.45) is 0.456. The second-order valence-corrected chi connectivity index (χ2v) is 3.36. The Hall–Kier alpha value is -1.55. The van der Waals surface area contributed by atoms with Crippen LogP contribution in [-0.4, -0.2) is 26.1 Å². The standard InChI is InChI=1S/C12H18N2O2/c1-3-12(15)14(9-8-13)10-6-4-5-7-11(10)16-2/h4-7H,3,8-9,13H2,1-2H3. The Morgan fingerprint density at radius 3 is 2.69 bits per heavy atom. The average molecular weight is 222 g/mol. The summed E-state index contributed by atoms with van der Waals surface area (Å²) in [5.74, 6) is 0.743. The molecule has 0 radical (unpaired) electrons. The molecule has 0 bridgehead atoms. The molecule has 0 saturated carbocycles.